The Hall–Kier alpha value is -1.94. The first kappa shape index (κ1) is 13.5. The van der Waals surface area contributed by atoms with E-state index in [0.29, 0.717) is 6.54 Å². The first-order valence-corrected chi connectivity index (χ1v) is 6.04. The van der Waals surface area contributed by atoms with E-state index < -0.39 is 0 Å². The third kappa shape index (κ3) is 3.29. The Balaban J connectivity index is 2.19. The third-order valence-corrected chi connectivity index (χ3v) is 3.01. The van der Waals surface area contributed by atoms with Crippen molar-refractivity contribution in [3.63, 3.8) is 0 Å². The van der Waals surface area contributed by atoms with Gasteiger partial charge in [0.2, 0.25) is 0 Å². The van der Waals surface area contributed by atoms with Gasteiger partial charge in [-0.05, 0) is 41.5 Å². The zero-order chi connectivity index (χ0) is 13.8. The van der Waals surface area contributed by atoms with Gasteiger partial charge in [0.1, 0.15) is 11.6 Å². The van der Waals surface area contributed by atoms with Gasteiger partial charge in [-0.25, -0.2) is 8.78 Å². The maximum atomic E-state index is 13.2. The summed E-state index contributed by atoms with van der Waals surface area (Å²) in [6.07, 6.45) is 0. The van der Waals surface area contributed by atoms with E-state index in [9.17, 15) is 8.78 Å². The standard InChI is InChI=1S/C15H16F2N2/c1-19(10-11-2-4-13(16)5-3-11)15-7-6-14(17)8-12(15)9-18/h2-8H,9-10,18H2,1H3. The van der Waals surface area contributed by atoms with Gasteiger partial charge in [0.15, 0.2) is 0 Å². The van der Waals surface area contributed by atoms with E-state index in [1.807, 2.05) is 11.9 Å². The molecule has 2 N–H and O–H groups in total. The van der Waals surface area contributed by atoms with E-state index >= 15 is 0 Å². The smallest absolute Gasteiger partial charge is 0.123 e. The summed E-state index contributed by atoms with van der Waals surface area (Å²) >= 11 is 0. The summed E-state index contributed by atoms with van der Waals surface area (Å²) in [5, 5.41) is 0. The zero-order valence-electron chi connectivity index (χ0n) is 10.7. The monoisotopic (exact) mass is 262 g/mol. The molecule has 0 saturated heterocycles. The van der Waals surface area contributed by atoms with E-state index in [-0.39, 0.29) is 18.2 Å². The molecule has 2 aromatic rings. The van der Waals surface area contributed by atoms with Crippen molar-refractivity contribution in [2.24, 2.45) is 5.73 Å². The molecule has 0 spiro atoms. The van der Waals surface area contributed by atoms with Gasteiger partial charge in [0.25, 0.3) is 0 Å². The van der Waals surface area contributed by atoms with Crippen LogP contribution >= 0.6 is 0 Å². The number of benzene rings is 2. The van der Waals surface area contributed by atoms with Gasteiger partial charge in [-0.1, -0.05) is 12.1 Å². The van der Waals surface area contributed by atoms with Crippen LogP contribution in [-0.2, 0) is 13.1 Å². The SMILES string of the molecule is CN(Cc1ccc(F)cc1)c1ccc(F)cc1CN. The van der Waals surface area contributed by atoms with E-state index in [1.54, 1.807) is 18.2 Å². The Labute approximate surface area is 111 Å². The van der Waals surface area contributed by atoms with Crippen LogP contribution in [0, 0.1) is 11.6 Å². The lowest BCUT2D eigenvalue weighted by atomic mass is 10.1. The highest BCUT2D eigenvalue weighted by molar-refractivity contribution is 5.53. The van der Waals surface area contributed by atoms with E-state index in [4.69, 9.17) is 5.73 Å². The van der Waals surface area contributed by atoms with Crippen LogP contribution in [0.3, 0.4) is 0 Å². The van der Waals surface area contributed by atoms with Crippen molar-refractivity contribution in [3.8, 4) is 0 Å². The van der Waals surface area contributed by atoms with Gasteiger partial charge in [-0.2, -0.15) is 0 Å². The molecule has 0 aromatic heterocycles. The topological polar surface area (TPSA) is 29.3 Å². The lowest BCUT2D eigenvalue weighted by Crippen LogP contribution is -2.19. The maximum Gasteiger partial charge on any atom is 0.123 e. The van der Waals surface area contributed by atoms with Crippen molar-refractivity contribution in [3.05, 3.63) is 65.2 Å². The van der Waals surface area contributed by atoms with Crippen LogP contribution in [0.4, 0.5) is 14.5 Å². The van der Waals surface area contributed by atoms with E-state index in [2.05, 4.69) is 0 Å². The fraction of sp³-hybridized carbons (Fsp3) is 0.200. The lowest BCUT2D eigenvalue weighted by molar-refractivity contribution is 0.624. The summed E-state index contributed by atoms with van der Waals surface area (Å²) in [7, 11) is 1.90. The van der Waals surface area contributed by atoms with Crippen LogP contribution in [0.15, 0.2) is 42.5 Å². The number of nitrogens with two attached hydrogens (primary N) is 1. The molecular formula is C15H16F2N2. The second kappa shape index (κ2) is 5.80. The second-order valence-corrected chi connectivity index (χ2v) is 4.46. The van der Waals surface area contributed by atoms with Crippen molar-refractivity contribution < 1.29 is 8.78 Å². The summed E-state index contributed by atoms with van der Waals surface area (Å²) in [5.41, 5.74) is 8.25. The molecule has 0 bridgehead atoms. The average Bonchev–Trinajstić information content (AvgIpc) is 2.41. The van der Waals surface area contributed by atoms with Crippen molar-refractivity contribution in [1.29, 1.82) is 0 Å². The first-order chi connectivity index (χ1) is 9.10. The third-order valence-electron chi connectivity index (χ3n) is 3.01. The van der Waals surface area contributed by atoms with Crippen molar-refractivity contribution >= 4 is 5.69 Å². The Morgan fingerprint density at radius 1 is 1.00 bits per heavy atom. The fourth-order valence-corrected chi connectivity index (χ4v) is 2.04. The molecule has 2 nitrogen and oxygen atoms in total. The predicted octanol–water partition coefficient (Wildman–Crippen LogP) is 3.06. The number of hydrogen-bond donors (Lipinski definition) is 1. The van der Waals surface area contributed by atoms with Crippen LogP contribution in [0.1, 0.15) is 11.1 Å². The van der Waals surface area contributed by atoms with Gasteiger partial charge in [-0.3, -0.25) is 0 Å². The highest BCUT2D eigenvalue weighted by Crippen LogP contribution is 2.22. The summed E-state index contributed by atoms with van der Waals surface area (Å²) in [5.74, 6) is -0.546. The van der Waals surface area contributed by atoms with Crippen LogP contribution in [0.5, 0.6) is 0 Å². The molecule has 0 aliphatic carbocycles. The number of anilines is 1. The minimum absolute atomic E-state index is 0.254. The molecule has 2 rings (SSSR count). The van der Waals surface area contributed by atoms with Crippen LogP contribution in [0.2, 0.25) is 0 Å². The maximum absolute atomic E-state index is 13.2. The Kier molecular flexibility index (Phi) is 4.12. The lowest BCUT2D eigenvalue weighted by Gasteiger charge is -2.22. The highest BCUT2D eigenvalue weighted by atomic mass is 19.1. The fourth-order valence-electron chi connectivity index (χ4n) is 2.04. The normalized spacial score (nSPS) is 10.5. The Morgan fingerprint density at radius 3 is 2.26 bits per heavy atom. The number of rotatable bonds is 4. The Bertz CT molecular complexity index is 553. The molecule has 0 saturated carbocycles. The van der Waals surface area contributed by atoms with Gasteiger partial charge >= 0.3 is 0 Å². The summed E-state index contributed by atoms with van der Waals surface area (Å²) < 4.78 is 26.0. The van der Waals surface area contributed by atoms with Gasteiger partial charge in [0, 0.05) is 25.8 Å². The van der Waals surface area contributed by atoms with Gasteiger partial charge < -0.3 is 10.6 Å². The number of nitrogens with zero attached hydrogens (tertiary/aromatic N) is 1. The summed E-state index contributed by atoms with van der Waals surface area (Å²) in [6, 6.07) is 10.9. The molecule has 0 aliphatic heterocycles. The van der Waals surface area contributed by atoms with Crippen LogP contribution in [0.25, 0.3) is 0 Å². The molecule has 0 unspecified atom stereocenters. The van der Waals surface area contributed by atoms with Gasteiger partial charge in [-0.15, -0.1) is 0 Å². The minimum atomic E-state index is -0.292. The highest BCUT2D eigenvalue weighted by Gasteiger charge is 2.08. The molecule has 2 aromatic carbocycles. The van der Waals surface area contributed by atoms with Crippen molar-refractivity contribution in [2.45, 2.75) is 13.1 Å². The van der Waals surface area contributed by atoms with Crippen LogP contribution in [-0.4, -0.2) is 7.05 Å². The second-order valence-electron chi connectivity index (χ2n) is 4.46. The molecular weight excluding hydrogens is 246 g/mol. The summed E-state index contributed by atoms with van der Waals surface area (Å²) in [4.78, 5) is 1.97. The number of hydrogen-bond acceptors (Lipinski definition) is 2. The average molecular weight is 262 g/mol. The first-order valence-electron chi connectivity index (χ1n) is 6.04. The van der Waals surface area contributed by atoms with Crippen molar-refractivity contribution in [2.75, 3.05) is 11.9 Å². The Morgan fingerprint density at radius 2 is 1.63 bits per heavy atom. The predicted molar refractivity (Wildman–Crippen MR) is 72.8 cm³/mol. The zero-order valence-corrected chi connectivity index (χ0v) is 10.7. The molecule has 0 heterocycles. The van der Waals surface area contributed by atoms with Crippen LogP contribution < -0.4 is 10.6 Å². The summed E-state index contributed by atoms with van der Waals surface area (Å²) in [6.45, 7) is 0.889. The largest absolute Gasteiger partial charge is 0.370 e. The molecule has 0 fully saturated rings. The molecule has 100 valence electrons. The molecule has 0 aliphatic rings. The molecule has 19 heavy (non-hydrogen) atoms. The van der Waals surface area contributed by atoms with Crippen molar-refractivity contribution in [1.82, 2.24) is 0 Å². The van der Waals surface area contributed by atoms with E-state index in [0.717, 1.165) is 16.8 Å². The molecule has 0 atom stereocenters. The quantitative estimate of drug-likeness (QED) is 0.917. The minimum Gasteiger partial charge on any atom is -0.370 e. The molecule has 4 heteroatoms. The number of halogens is 2. The van der Waals surface area contributed by atoms with E-state index in [1.165, 1.54) is 24.3 Å². The molecule has 0 amide bonds. The molecule has 0 radical (unpaired) electrons. The van der Waals surface area contributed by atoms with Gasteiger partial charge in [0.05, 0.1) is 0 Å².